The van der Waals surface area contributed by atoms with Crippen LogP contribution in [-0.4, -0.2) is 46.2 Å². The first-order valence-corrected chi connectivity index (χ1v) is 7.01. The Morgan fingerprint density at radius 2 is 1.95 bits per heavy atom. The van der Waals surface area contributed by atoms with Gasteiger partial charge in [-0.05, 0) is 37.0 Å². The van der Waals surface area contributed by atoms with Crippen molar-refractivity contribution in [3.05, 3.63) is 29.8 Å². The SMILES string of the molecule is CN(C(=O)N[C@H](Cc1ccc(O)cc1)C(=O)O)C1CCC1. The summed E-state index contributed by atoms with van der Waals surface area (Å²) >= 11 is 0. The zero-order valence-corrected chi connectivity index (χ0v) is 12.0. The summed E-state index contributed by atoms with van der Waals surface area (Å²) in [7, 11) is 1.69. The number of phenolic OH excluding ortho intramolecular Hbond substituents is 1. The van der Waals surface area contributed by atoms with Crippen molar-refractivity contribution in [2.24, 2.45) is 0 Å². The predicted octanol–water partition coefficient (Wildman–Crippen LogP) is 1.58. The molecule has 1 aromatic rings. The molecule has 2 amide bonds. The molecule has 0 bridgehead atoms. The van der Waals surface area contributed by atoms with E-state index in [0.29, 0.717) is 0 Å². The van der Waals surface area contributed by atoms with Crippen LogP contribution in [0.25, 0.3) is 0 Å². The third kappa shape index (κ3) is 3.87. The molecule has 0 aromatic heterocycles. The van der Waals surface area contributed by atoms with Gasteiger partial charge in [-0.1, -0.05) is 12.1 Å². The first-order chi connectivity index (χ1) is 9.97. The number of urea groups is 1. The quantitative estimate of drug-likeness (QED) is 0.768. The maximum atomic E-state index is 12.0. The number of amides is 2. The molecular weight excluding hydrogens is 272 g/mol. The molecule has 1 atom stereocenters. The molecule has 6 nitrogen and oxygen atoms in total. The lowest BCUT2D eigenvalue weighted by Gasteiger charge is -2.35. The van der Waals surface area contributed by atoms with Crippen LogP contribution in [0.2, 0.25) is 0 Å². The second-order valence-electron chi connectivity index (χ2n) is 5.41. The third-order valence-corrected chi connectivity index (χ3v) is 3.91. The maximum absolute atomic E-state index is 12.0. The third-order valence-electron chi connectivity index (χ3n) is 3.91. The van der Waals surface area contributed by atoms with Gasteiger partial charge in [-0.2, -0.15) is 0 Å². The van der Waals surface area contributed by atoms with Crippen molar-refractivity contribution in [3.63, 3.8) is 0 Å². The molecule has 0 radical (unpaired) electrons. The summed E-state index contributed by atoms with van der Waals surface area (Å²) in [5.74, 6) is -0.946. The highest BCUT2D eigenvalue weighted by atomic mass is 16.4. The second-order valence-corrected chi connectivity index (χ2v) is 5.41. The van der Waals surface area contributed by atoms with Crippen molar-refractivity contribution < 1.29 is 19.8 Å². The van der Waals surface area contributed by atoms with Crippen LogP contribution in [0.3, 0.4) is 0 Å². The van der Waals surface area contributed by atoms with E-state index in [0.717, 1.165) is 24.8 Å². The highest BCUT2D eigenvalue weighted by molar-refractivity contribution is 5.82. The van der Waals surface area contributed by atoms with E-state index < -0.39 is 12.0 Å². The maximum Gasteiger partial charge on any atom is 0.326 e. The van der Waals surface area contributed by atoms with Crippen LogP contribution in [0.1, 0.15) is 24.8 Å². The van der Waals surface area contributed by atoms with E-state index in [1.165, 1.54) is 12.1 Å². The molecule has 1 aromatic carbocycles. The van der Waals surface area contributed by atoms with E-state index in [1.54, 1.807) is 24.1 Å². The summed E-state index contributed by atoms with van der Waals surface area (Å²) in [4.78, 5) is 24.9. The van der Waals surface area contributed by atoms with Gasteiger partial charge in [-0.15, -0.1) is 0 Å². The summed E-state index contributed by atoms with van der Waals surface area (Å²) in [5, 5.41) is 21.0. The lowest BCUT2D eigenvalue weighted by atomic mass is 9.92. The van der Waals surface area contributed by atoms with Crippen LogP contribution in [0, 0.1) is 0 Å². The van der Waals surface area contributed by atoms with E-state index >= 15 is 0 Å². The molecule has 0 heterocycles. The number of nitrogens with zero attached hydrogens (tertiary/aromatic N) is 1. The van der Waals surface area contributed by atoms with Crippen molar-refractivity contribution >= 4 is 12.0 Å². The number of benzene rings is 1. The average Bonchev–Trinajstić information content (AvgIpc) is 2.38. The summed E-state index contributed by atoms with van der Waals surface area (Å²) in [6, 6.07) is 5.16. The van der Waals surface area contributed by atoms with E-state index in [2.05, 4.69) is 5.32 Å². The number of aromatic hydroxyl groups is 1. The Hall–Kier alpha value is -2.24. The number of phenols is 1. The number of rotatable bonds is 5. The first kappa shape index (κ1) is 15.2. The minimum atomic E-state index is -1.07. The van der Waals surface area contributed by atoms with Gasteiger partial charge in [0.1, 0.15) is 11.8 Å². The number of hydrogen-bond donors (Lipinski definition) is 3. The lowest BCUT2D eigenvalue weighted by molar-refractivity contribution is -0.139. The summed E-state index contributed by atoms with van der Waals surface area (Å²) in [6.07, 6.45) is 3.23. The largest absolute Gasteiger partial charge is 0.508 e. The highest BCUT2D eigenvalue weighted by Gasteiger charge is 2.28. The fraction of sp³-hybridized carbons (Fsp3) is 0.467. The number of carboxylic acid groups (broad SMARTS) is 1. The number of aliphatic carboxylic acids is 1. The van der Waals surface area contributed by atoms with Crippen LogP contribution in [0.5, 0.6) is 5.75 Å². The van der Waals surface area contributed by atoms with E-state index in [4.69, 9.17) is 0 Å². The fourth-order valence-electron chi connectivity index (χ4n) is 2.26. The Labute approximate surface area is 123 Å². The molecule has 0 unspecified atom stereocenters. The van der Waals surface area contributed by atoms with E-state index in [1.807, 2.05) is 0 Å². The van der Waals surface area contributed by atoms with Crippen molar-refractivity contribution in [2.45, 2.75) is 37.8 Å². The van der Waals surface area contributed by atoms with Crippen LogP contribution in [-0.2, 0) is 11.2 Å². The summed E-state index contributed by atoms with van der Waals surface area (Å²) in [5.41, 5.74) is 0.742. The van der Waals surface area contributed by atoms with Gasteiger partial charge in [0.2, 0.25) is 0 Å². The van der Waals surface area contributed by atoms with Gasteiger partial charge >= 0.3 is 12.0 Å². The van der Waals surface area contributed by atoms with Crippen molar-refractivity contribution in [2.75, 3.05) is 7.05 Å². The Balaban J connectivity index is 1.96. The fourth-order valence-corrected chi connectivity index (χ4v) is 2.26. The van der Waals surface area contributed by atoms with Crippen LogP contribution in [0.4, 0.5) is 4.79 Å². The summed E-state index contributed by atoms with van der Waals surface area (Å²) in [6.45, 7) is 0. The zero-order valence-electron chi connectivity index (χ0n) is 12.0. The Bertz CT molecular complexity index is 511. The molecule has 1 aliphatic rings. The van der Waals surface area contributed by atoms with Crippen molar-refractivity contribution in [1.82, 2.24) is 10.2 Å². The molecule has 2 rings (SSSR count). The van der Waals surface area contributed by atoms with E-state index in [9.17, 15) is 19.8 Å². The van der Waals surface area contributed by atoms with Gasteiger partial charge in [-0.25, -0.2) is 9.59 Å². The predicted molar refractivity (Wildman–Crippen MR) is 77.2 cm³/mol. The van der Waals surface area contributed by atoms with Gasteiger partial charge in [0.15, 0.2) is 0 Å². The van der Waals surface area contributed by atoms with Gasteiger partial charge in [0.05, 0.1) is 0 Å². The van der Waals surface area contributed by atoms with Gasteiger partial charge in [0.25, 0.3) is 0 Å². The average molecular weight is 292 g/mol. The molecule has 21 heavy (non-hydrogen) atoms. The van der Waals surface area contributed by atoms with Gasteiger partial charge in [-0.3, -0.25) is 0 Å². The Morgan fingerprint density at radius 3 is 2.43 bits per heavy atom. The van der Waals surface area contributed by atoms with Crippen LogP contribution in [0.15, 0.2) is 24.3 Å². The minimum absolute atomic E-state index is 0.124. The van der Waals surface area contributed by atoms with Gasteiger partial charge in [0, 0.05) is 19.5 Å². The van der Waals surface area contributed by atoms with E-state index in [-0.39, 0.29) is 24.2 Å². The standard InChI is InChI=1S/C15H20N2O4/c1-17(11-3-2-4-11)15(21)16-13(14(19)20)9-10-5-7-12(18)8-6-10/h5-8,11,13,18H,2-4,9H2,1H3,(H,16,21)(H,19,20)/t13-/m1/s1. The highest BCUT2D eigenvalue weighted by Crippen LogP contribution is 2.23. The topological polar surface area (TPSA) is 89.9 Å². The number of carboxylic acids is 1. The Kier molecular flexibility index (Phi) is 4.67. The van der Waals surface area contributed by atoms with Crippen molar-refractivity contribution in [1.29, 1.82) is 0 Å². The first-order valence-electron chi connectivity index (χ1n) is 7.01. The monoisotopic (exact) mass is 292 g/mol. The summed E-state index contributed by atoms with van der Waals surface area (Å²) < 4.78 is 0. The smallest absolute Gasteiger partial charge is 0.326 e. The molecule has 1 fully saturated rings. The molecule has 3 N–H and O–H groups in total. The lowest BCUT2D eigenvalue weighted by Crippen LogP contribution is -2.52. The molecule has 0 saturated heterocycles. The van der Waals surface area contributed by atoms with Crippen molar-refractivity contribution in [3.8, 4) is 5.75 Å². The normalized spacial score (nSPS) is 15.9. The molecule has 114 valence electrons. The number of carbonyl (C=O) groups is 2. The number of nitrogens with one attached hydrogen (secondary N) is 1. The number of carbonyl (C=O) groups excluding carboxylic acids is 1. The number of hydrogen-bond acceptors (Lipinski definition) is 3. The molecule has 1 saturated carbocycles. The van der Waals surface area contributed by atoms with Crippen LogP contribution >= 0.6 is 0 Å². The molecule has 1 aliphatic carbocycles. The molecular formula is C15H20N2O4. The zero-order chi connectivity index (χ0) is 15.4. The second kappa shape index (κ2) is 6.47. The minimum Gasteiger partial charge on any atom is -0.508 e. The molecule has 0 aliphatic heterocycles. The van der Waals surface area contributed by atoms with Crippen LogP contribution < -0.4 is 5.32 Å². The van der Waals surface area contributed by atoms with Gasteiger partial charge < -0.3 is 20.4 Å². The Morgan fingerprint density at radius 1 is 1.33 bits per heavy atom. The molecule has 6 heteroatoms. The molecule has 0 spiro atoms.